The summed E-state index contributed by atoms with van der Waals surface area (Å²) in [5.41, 5.74) is 0.466. The minimum atomic E-state index is -0.305. The number of amides is 1. The van der Waals surface area contributed by atoms with Gasteiger partial charge < -0.3 is 10.2 Å². The highest BCUT2D eigenvalue weighted by Gasteiger charge is 2.20. The number of hydrogen-bond donors (Lipinski definition) is 1. The van der Waals surface area contributed by atoms with Crippen molar-refractivity contribution in [3.8, 4) is 0 Å². The van der Waals surface area contributed by atoms with Gasteiger partial charge in [0.1, 0.15) is 5.82 Å². The molecule has 0 radical (unpaired) electrons. The first-order valence-corrected chi connectivity index (χ1v) is 7.44. The van der Waals surface area contributed by atoms with E-state index in [9.17, 15) is 9.18 Å². The standard InChI is InChI=1S/C16H23FN2O/c1-2-9-19-10-7-14(8-11-19)18-16(20)12-13-5-3-4-6-15(13)17/h3-6,14H,2,7-12H2,1H3,(H,18,20). The second-order valence-corrected chi connectivity index (χ2v) is 5.45. The average molecular weight is 278 g/mol. The number of nitrogens with one attached hydrogen (secondary N) is 1. The van der Waals surface area contributed by atoms with Crippen molar-refractivity contribution in [2.45, 2.75) is 38.6 Å². The molecule has 0 bridgehead atoms. The van der Waals surface area contributed by atoms with Crippen LogP contribution in [0.2, 0.25) is 0 Å². The summed E-state index contributed by atoms with van der Waals surface area (Å²) in [7, 11) is 0. The molecule has 1 aliphatic rings. The lowest BCUT2D eigenvalue weighted by Gasteiger charge is -2.32. The van der Waals surface area contributed by atoms with Crippen molar-refractivity contribution in [1.29, 1.82) is 0 Å². The van der Waals surface area contributed by atoms with Crippen molar-refractivity contribution in [2.75, 3.05) is 19.6 Å². The molecular weight excluding hydrogens is 255 g/mol. The maximum Gasteiger partial charge on any atom is 0.224 e. The van der Waals surface area contributed by atoms with Gasteiger partial charge in [0.15, 0.2) is 0 Å². The summed E-state index contributed by atoms with van der Waals surface area (Å²) in [6.45, 7) is 5.40. The zero-order valence-electron chi connectivity index (χ0n) is 12.1. The SMILES string of the molecule is CCCN1CCC(NC(=O)Cc2ccccc2F)CC1. The van der Waals surface area contributed by atoms with Crippen molar-refractivity contribution >= 4 is 5.91 Å². The minimum Gasteiger partial charge on any atom is -0.353 e. The van der Waals surface area contributed by atoms with E-state index in [0.717, 1.165) is 32.5 Å². The van der Waals surface area contributed by atoms with Crippen LogP contribution < -0.4 is 5.32 Å². The molecule has 1 saturated heterocycles. The number of benzene rings is 1. The van der Waals surface area contributed by atoms with Crippen LogP contribution in [0.25, 0.3) is 0 Å². The monoisotopic (exact) mass is 278 g/mol. The number of carbonyl (C=O) groups is 1. The third kappa shape index (κ3) is 4.30. The number of carbonyl (C=O) groups excluding carboxylic acids is 1. The first-order chi connectivity index (χ1) is 9.69. The summed E-state index contributed by atoms with van der Waals surface area (Å²) in [5, 5.41) is 3.02. The van der Waals surface area contributed by atoms with E-state index < -0.39 is 0 Å². The molecular formula is C16H23FN2O. The highest BCUT2D eigenvalue weighted by molar-refractivity contribution is 5.78. The highest BCUT2D eigenvalue weighted by atomic mass is 19.1. The van der Waals surface area contributed by atoms with Gasteiger partial charge in [-0.3, -0.25) is 4.79 Å². The lowest BCUT2D eigenvalue weighted by Crippen LogP contribution is -2.45. The van der Waals surface area contributed by atoms with Gasteiger partial charge in [0, 0.05) is 19.1 Å². The Bertz CT molecular complexity index is 442. The fraction of sp³-hybridized carbons (Fsp3) is 0.562. The molecule has 1 aromatic carbocycles. The molecule has 0 saturated carbocycles. The Kier molecular flexibility index (Phi) is 5.53. The Morgan fingerprint density at radius 1 is 1.35 bits per heavy atom. The van der Waals surface area contributed by atoms with Gasteiger partial charge in [0.05, 0.1) is 6.42 Å². The van der Waals surface area contributed by atoms with E-state index in [1.165, 1.54) is 12.5 Å². The largest absolute Gasteiger partial charge is 0.353 e. The molecule has 0 atom stereocenters. The van der Waals surface area contributed by atoms with Crippen LogP contribution in [0.5, 0.6) is 0 Å². The normalized spacial score (nSPS) is 17.1. The Morgan fingerprint density at radius 3 is 2.70 bits per heavy atom. The highest BCUT2D eigenvalue weighted by Crippen LogP contribution is 2.12. The van der Waals surface area contributed by atoms with Gasteiger partial charge in [0.25, 0.3) is 0 Å². The predicted molar refractivity (Wildman–Crippen MR) is 78.0 cm³/mol. The topological polar surface area (TPSA) is 32.3 Å². The third-order valence-electron chi connectivity index (χ3n) is 3.80. The molecule has 1 N–H and O–H groups in total. The van der Waals surface area contributed by atoms with Crippen LogP contribution >= 0.6 is 0 Å². The number of rotatable bonds is 5. The number of piperidine rings is 1. The average Bonchev–Trinajstić information content (AvgIpc) is 2.44. The van der Waals surface area contributed by atoms with Crippen molar-refractivity contribution < 1.29 is 9.18 Å². The van der Waals surface area contributed by atoms with Crippen LogP contribution in [0, 0.1) is 5.82 Å². The first kappa shape index (κ1) is 15.0. The van der Waals surface area contributed by atoms with Gasteiger partial charge in [0.2, 0.25) is 5.91 Å². The minimum absolute atomic E-state index is 0.0796. The van der Waals surface area contributed by atoms with E-state index in [4.69, 9.17) is 0 Å². The van der Waals surface area contributed by atoms with Crippen LogP contribution in [0.3, 0.4) is 0 Å². The first-order valence-electron chi connectivity index (χ1n) is 7.44. The molecule has 0 aromatic heterocycles. The Hall–Kier alpha value is -1.42. The number of likely N-dealkylation sites (tertiary alicyclic amines) is 1. The second-order valence-electron chi connectivity index (χ2n) is 5.45. The van der Waals surface area contributed by atoms with E-state index in [-0.39, 0.29) is 24.2 Å². The molecule has 1 heterocycles. The van der Waals surface area contributed by atoms with Gasteiger partial charge in [-0.25, -0.2) is 4.39 Å². The smallest absolute Gasteiger partial charge is 0.224 e. The summed E-state index contributed by atoms with van der Waals surface area (Å²) in [5.74, 6) is -0.385. The lowest BCUT2D eigenvalue weighted by atomic mass is 10.0. The molecule has 0 unspecified atom stereocenters. The fourth-order valence-corrected chi connectivity index (χ4v) is 2.71. The van der Waals surface area contributed by atoms with Crippen LogP contribution in [-0.4, -0.2) is 36.5 Å². The zero-order valence-corrected chi connectivity index (χ0v) is 12.1. The number of nitrogens with zero attached hydrogens (tertiary/aromatic N) is 1. The maximum atomic E-state index is 13.5. The summed E-state index contributed by atoms with van der Waals surface area (Å²) < 4.78 is 13.5. The van der Waals surface area contributed by atoms with Gasteiger partial charge in [-0.2, -0.15) is 0 Å². The summed E-state index contributed by atoms with van der Waals surface area (Å²) in [6.07, 6.45) is 3.28. The van der Waals surface area contributed by atoms with E-state index >= 15 is 0 Å². The van der Waals surface area contributed by atoms with Crippen LogP contribution in [0.4, 0.5) is 4.39 Å². The number of halogens is 1. The molecule has 20 heavy (non-hydrogen) atoms. The van der Waals surface area contributed by atoms with Gasteiger partial charge in [-0.15, -0.1) is 0 Å². The molecule has 0 spiro atoms. The van der Waals surface area contributed by atoms with E-state index in [1.807, 2.05) is 0 Å². The van der Waals surface area contributed by atoms with Crippen LogP contribution in [0.15, 0.2) is 24.3 Å². The molecule has 3 nitrogen and oxygen atoms in total. The molecule has 1 amide bonds. The van der Waals surface area contributed by atoms with Crippen molar-refractivity contribution in [2.24, 2.45) is 0 Å². The quantitative estimate of drug-likeness (QED) is 0.896. The van der Waals surface area contributed by atoms with Crippen LogP contribution in [-0.2, 0) is 11.2 Å². The molecule has 1 fully saturated rings. The molecule has 2 rings (SSSR count). The van der Waals surface area contributed by atoms with Crippen LogP contribution in [0.1, 0.15) is 31.7 Å². The summed E-state index contributed by atoms with van der Waals surface area (Å²) >= 11 is 0. The molecule has 0 aliphatic carbocycles. The molecule has 4 heteroatoms. The lowest BCUT2D eigenvalue weighted by molar-refractivity contribution is -0.121. The van der Waals surface area contributed by atoms with Crippen molar-refractivity contribution in [3.05, 3.63) is 35.6 Å². The van der Waals surface area contributed by atoms with Crippen molar-refractivity contribution in [3.63, 3.8) is 0 Å². The van der Waals surface area contributed by atoms with Gasteiger partial charge in [-0.05, 0) is 37.4 Å². The predicted octanol–water partition coefficient (Wildman–Crippen LogP) is 2.36. The maximum absolute atomic E-state index is 13.5. The van der Waals surface area contributed by atoms with Crippen molar-refractivity contribution in [1.82, 2.24) is 10.2 Å². The van der Waals surface area contributed by atoms with E-state index in [0.29, 0.717) is 5.56 Å². The third-order valence-corrected chi connectivity index (χ3v) is 3.80. The van der Waals surface area contributed by atoms with E-state index in [1.54, 1.807) is 18.2 Å². The second kappa shape index (κ2) is 7.39. The zero-order chi connectivity index (χ0) is 14.4. The molecule has 110 valence electrons. The Labute approximate surface area is 120 Å². The Balaban J connectivity index is 1.77. The summed E-state index contributed by atoms with van der Waals surface area (Å²) in [6, 6.07) is 6.70. The molecule has 1 aromatic rings. The fourth-order valence-electron chi connectivity index (χ4n) is 2.71. The Morgan fingerprint density at radius 2 is 2.05 bits per heavy atom. The number of hydrogen-bond acceptors (Lipinski definition) is 2. The molecule has 1 aliphatic heterocycles. The van der Waals surface area contributed by atoms with Gasteiger partial charge in [-0.1, -0.05) is 25.1 Å². The van der Waals surface area contributed by atoms with E-state index in [2.05, 4.69) is 17.1 Å². The summed E-state index contributed by atoms with van der Waals surface area (Å²) in [4.78, 5) is 14.4. The van der Waals surface area contributed by atoms with Gasteiger partial charge >= 0.3 is 0 Å².